The predicted octanol–water partition coefficient (Wildman–Crippen LogP) is 2.94. The molecule has 0 radical (unpaired) electrons. The lowest BCUT2D eigenvalue weighted by Crippen LogP contribution is -2.09. The number of hydrogen-bond acceptors (Lipinski definition) is 1. The zero-order chi connectivity index (χ0) is 9.84. The summed E-state index contributed by atoms with van der Waals surface area (Å²) in [5.41, 5.74) is 0.591. The summed E-state index contributed by atoms with van der Waals surface area (Å²) >= 11 is 3.15. The fraction of sp³-hybridized carbons (Fsp3) is 0.222. The lowest BCUT2D eigenvalue weighted by molar-refractivity contribution is -0.115. The average Bonchev–Trinajstić information content (AvgIpc) is 2.09. The first kappa shape index (κ1) is 10.2. The van der Waals surface area contributed by atoms with Crippen molar-refractivity contribution in [2.75, 3.05) is 5.32 Å². The number of nitrogens with one attached hydrogen (secondary N) is 1. The molecule has 4 heteroatoms. The number of rotatable bonds is 2. The molecule has 0 unspecified atom stereocenters. The van der Waals surface area contributed by atoms with E-state index in [2.05, 4.69) is 21.2 Å². The van der Waals surface area contributed by atoms with Gasteiger partial charge in [0.25, 0.3) is 0 Å². The first-order valence-corrected chi connectivity index (χ1v) is 4.67. The van der Waals surface area contributed by atoms with E-state index < -0.39 is 0 Å². The predicted molar refractivity (Wildman–Crippen MR) is 53.0 cm³/mol. The van der Waals surface area contributed by atoms with E-state index in [0.717, 1.165) is 0 Å². The third-order valence-corrected chi connectivity index (χ3v) is 2.18. The number of carbonyl (C=O) groups excluding carboxylic acids is 1. The fourth-order valence-electron chi connectivity index (χ4n) is 0.829. The molecule has 2 nitrogen and oxygen atoms in total. The summed E-state index contributed by atoms with van der Waals surface area (Å²) in [5.74, 6) is -0.423. The minimum absolute atomic E-state index is 0.0905. The number of hydrogen-bond donors (Lipinski definition) is 1. The van der Waals surface area contributed by atoms with E-state index >= 15 is 0 Å². The van der Waals surface area contributed by atoms with Gasteiger partial charge < -0.3 is 5.32 Å². The van der Waals surface area contributed by atoms with Gasteiger partial charge in [0.2, 0.25) is 5.91 Å². The van der Waals surface area contributed by atoms with Crippen LogP contribution in [0.5, 0.6) is 0 Å². The topological polar surface area (TPSA) is 29.1 Å². The maximum Gasteiger partial charge on any atom is 0.224 e. The Morgan fingerprint density at radius 2 is 2.31 bits per heavy atom. The number of halogens is 2. The summed E-state index contributed by atoms with van der Waals surface area (Å²) in [6.07, 6.45) is 0.407. The van der Waals surface area contributed by atoms with Gasteiger partial charge in [-0.2, -0.15) is 0 Å². The third kappa shape index (κ3) is 2.81. The Labute approximate surface area is 84.3 Å². The van der Waals surface area contributed by atoms with Gasteiger partial charge in [0.1, 0.15) is 5.82 Å². The maximum atomic E-state index is 12.6. The highest BCUT2D eigenvalue weighted by atomic mass is 79.9. The monoisotopic (exact) mass is 245 g/mol. The molecule has 0 saturated carbocycles. The quantitative estimate of drug-likeness (QED) is 0.853. The summed E-state index contributed by atoms with van der Waals surface area (Å²) in [5, 5.41) is 2.63. The van der Waals surface area contributed by atoms with Gasteiger partial charge in [-0.15, -0.1) is 0 Å². The molecule has 1 aromatic carbocycles. The molecular formula is C9H9BrFNO. The minimum Gasteiger partial charge on any atom is -0.325 e. The third-order valence-electron chi connectivity index (χ3n) is 1.53. The van der Waals surface area contributed by atoms with E-state index in [0.29, 0.717) is 16.6 Å². The molecule has 1 rings (SSSR count). The van der Waals surface area contributed by atoms with Crippen molar-refractivity contribution >= 4 is 27.5 Å². The van der Waals surface area contributed by atoms with Crippen LogP contribution in [0.15, 0.2) is 22.7 Å². The van der Waals surface area contributed by atoms with Crippen LogP contribution >= 0.6 is 15.9 Å². The van der Waals surface area contributed by atoms with Gasteiger partial charge in [0.05, 0.1) is 5.69 Å². The Balaban J connectivity index is 2.83. The number of benzene rings is 1. The van der Waals surface area contributed by atoms with Crippen LogP contribution in [0.2, 0.25) is 0 Å². The van der Waals surface area contributed by atoms with Gasteiger partial charge in [-0.25, -0.2) is 4.39 Å². The molecule has 0 saturated heterocycles. The van der Waals surface area contributed by atoms with Gasteiger partial charge in [-0.1, -0.05) is 6.92 Å². The molecule has 0 aliphatic carbocycles. The van der Waals surface area contributed by atoms with Crippen molar-refractivity contribution in [3.63, 3.8) is 0 Å². The van der Waals surface area contributed by atoms with Gasteiger partial charge in [0, 0.05) is 10.9 Å². The first-order valence-electron chi connectivity index (χ1n) is 3.88. The van der Waals surface area contributed by atoms with E-state index in [1.165, 1.54) is 18.2 Å². The normalized spacial score (nSPS) is 9.77. The minimum atomic E-state index is -0.332. The SMILES string of the molecule is CCC(=O)Nc1ccc(F)cc1Br. The molecule has 1 amide bonds. The molecule has 0 aliphatic heterocycles. The summed E-state index contributed by atoms with van der Waals surface area (Å²) in [7, 11) is 0. The second kappa shape index (κ2) is 4.37. The molecule has 13 heavy (non-hydrogen) atoms. The van der Waals surface area contributed by atoms with Crippen LogP contribution in [0.1, 0.15) is 13.3 Å². The number of amides is 1. The van der Waals surface area contributed by atoms with E-state index in [1.54, 1.807) is 6.92 Å². The van der Waals surface area contributed by atoms with Crippen molar-refractivity contribution in [2.24, 2.45) is 0 Å². The van der Waals surface area contributed by atoms with Gasteiger partial charge in [0.15, 0.2) is 0 Å². The summed E-state index contributed by atoms with van der Waals surface area (Å²) in [4.78, 5) is 11.0. The van der Waals surface area contributed by atoms with E-state index in [9.17, 15) is 9.18 Å². The van der Waals surface area contributed by atoms with Crippen LogP contribution in [0.25, 0.3) is 0 Å². The molecule has 0 fully saturated rings. The van der Waals surface area contributed by atoms with Crippen molar-refractivity contribution in [3.8, 4) is 0 Å². The van der Waals surface area contributed by atoms with Gasteiger partial charge in [-0.05, 0) is 34.1 Å². The van der Waals surface area contributed by atoms with Crippen molar-refractivity contribution in [3.05, 3.63) is 28.5 Å². The van der Waals surface area contributed by atoms with Crippen molar-refractivity contribution in [2.45, 2.75) is 13.3 Å². The van der Waals surface area contributed by atoms with Crippen LogP contribution in [0.4, 0.5) is 10.1 Å². The van der Waals surface area contributed by atoms with Crippen LogP contribution in [0, 0.1) is 5.82 Å². The number of anilines is 1. The van der Waals surface area contributed by atoms with Crippen molar-refractivity contribution < 1.29 is 9.18 Å². The molecule has 70 valence electrons. The Bertz CT molecular complexity index is 327. The summed E-state index contributed by atoms with van der Waals surface area (Å²) in [6.45, 7) is 1.76. The lowest BCUT2D eigenvalue weighted by atomic mass is 10.3. The molecule has 0 heterocycles. The molecule has 0 aromatic heterocycles. The van der Waals surface area contributed by atoms with E-state index in [4.69, 9.17) is 0 Å². The highest BCUT2D eigenvalue weighted by Gasteiger charge is 2.03. The molecule has 0 aliphatic rings. The smallest absolute Gasteiger partial charge is 0.224 e. The second-order valence-corrected chi connectivity index (χ2v) is 3.38. The summed E-state index contributed by atoms with van der Waals surface area (Å²) < 4.78 is 13.2. The van der Waals surface area contributed by atoms with E-state index in [-0.39, 0.29) is 11.7 Å². The molecule has 1 aromatic rings. The highest BCUT2D eigenvalue weighted by molar-refractivity contribution is 9.10. The fourth-order valence-corrected chi connectivity index (χ4v) is 1.28. The van der Waals surface area contributed by atoms with Crippen molar-refractivity contribution in [1.29, 1.82) is 0 Å². The highest BCUT2D eigenvalue weighted by Crippen LogP contribution is 2.22. The second-order valence-electron chi connectivity index (χ2n) is 2.53. The Hall–Kier alpha value is -0.900. The van der Waals surface area contributed by atoms with Crippen LogP contribution < -0.4 is 5.32 Å². The number of carbonyl (C=O) groups is 1. The summed E-state index contributed by atoms with van der Waals surface area (Å²) in [6, 6.07) is 4.13. The van der Waals surface area contributed by atoms with Gasteiger partial charge in [-0.3, -0.25) is 4.79 Å². The van der Waals surface area contributed by atoms with Crippen molar-refractivity contribution in [1.82, 2.24) is 0 Å². The Kier molecular flexibility index (Phi) is 3.42. The zero-order valence-electron chi connectivity index (χ0n) is 7.10. The lowest BCUT2D eigenvalue weighted by Gasteiger charge is -2.05. The average molecular weight is 246 g/mol. The van der Waals surface area contributed by atoms with Crippen LogP contribution in [-0.4, -0.2) is 5.91 Å². The molecule has 0 spiro atoms. The zero-order valence-corrected chi connectivity index (χ0v) is 8.69. The molecule has 1 N–H and O–H groups in total. The molecule has 0 bridgehead atoms. The molecular weight excluding hydrogens is 237 g/mol. The standard InChI is InChI=1S/C9H9BrFNO/c1-2-9(13)12-8-4-3-6(11)5-7(8)10/h3-5H,2H2,1H3,(H,12,13). The molecule has 0 atom stereocenters. The largest absolute Gasteiger partial charge is 0.325 e. The first-order chi connectivity index (χ1) is 6.13. The Morgan fingerprint density at radius 3 is 2.85 bits per heavy atom. The van der Waals surface area contributed by atoms with E-state index in [1.807, 2.05) is 0 Å². The maximum absolute atomic E-state index is 12.6. The Morgan fingerprint density at radius 1 is 1.62 bits per heavy atom. The van der Waals surface area contributed by atoms with Gasteiger partial charge >= 0.3 is 0 Å². The van der Waals surface area contributed by atoms with Crippen LogP contribution in [-0.2, 0) is 4.79 Å². The van der Waals surface area contributed by atoms with Crippen LogP contribution in [0.3, 0.4) is 0 Å².